The summed E-state index contributed by atoms with van der Waals surface area (Å²) in [6, 6.07) is 3.77. The molecule has 5 heteroatoms. The molecule has 2 rings (SSSR count). The van der Waals surface area contributed by atoms with Crippen molar-refractivity contribution in [1.82, 2.24) is 4.90 Å². The second kappa shape index (κ2) is 6.61. The van der Waals surface area contributed by atoms with Gasteiger partial charge in [-0.3, -0.25) is 4.79 Å². The maximum Gasteiger partial charge on any atom is 0.227 e. The highest BCUT2D eigenvalue weighted by Crippen LogP contribution is 2.31. The first kappa shape index (κ1) is 14.7. The van der Waals surface area contributed by atoms with Gasteiger partial charge in [0.2, 0.25) is 5.91 Å². The first-order valence-corrected chi connectivity index (χ1v) is 6.73. The molecule has 0 spiro atoms. The second-order valence-corrected chi connectivity index (χ2v) is 4.76. The highest BCUT2D eigenvalue weighted by molar-refractivity contribution is 5.80. The normalized spacial score (nSPS) is 15.1. The first-order valence-electron chi connectivity index (χ1n) is 6.73. The molecule has 20 heavy (non-hydrogen) atoms. The molecule has 1 aromatic rings. The molecule has 1 aliphatic rings. The van der Waals surface area contributed by atoms with Crippen LogP contribution in [0.2, 0.25) is 0 Å². The van der Waals surface area contributed by atoms with Gasteiger partial charge in [0.25, 0.3) is 0 Å². The van der Waals surface area contributed by atoms with E-state index in [9.17, 15) is 4.79 Å². The van der Waals surface area contributed by atoms with Crippen molar-refractivity contribution in [1.29, 1.82) is 0 Å². The van der Waals surface area contributed by atoms with Crippen LogP contribution in [0.25, 0.3) is 0 Å². The van der Waals surface area contributed by atoms with E-state index in [0.29, 0.717) is 32.7 Å². The van der Waals surface area contributed by atoms with Gasteiger partial charge in [0.15, 0.2) is 0 Å². The number of nitrogens with zero attached hydrogens (tertiary/aromatic N) is 1. The number of benzene rings is 1. The Kier molecular flexibility index (Phi) is 4.84. The van der Waals surface area contributed by atoms with Crippen molar-refractivity contribution in [2.75, 3.05) is 40.5 Å². The van der Waals surface area contributed by atoms with E-state index < -0.39 is 0 Å². The van der Waals surface area contributed by atoms with Crippen molar-refractivity contribution in [3.8, 4) is 11.5 Å². The molecule has 0 atom stereocenters. The molecule has 0 aromatic heterocycles. The number of hydrogen-bond donors (Lipinski definition) is 0. The van der Waals surface area contributed by atoms with E-state index >= 15 is 0 Å². The third kappa shape index (κ3) is 3.04. The van der Waals surface area contributed by atoms with Crippen LogP contribution in [0.3, 0.4) is 0 Å². The van der Waals surface area contributed by atoms with Gasteiger partial charge in [-0.15, -0.1) is 0 Å². The van der Waals surface area contributed by atoms with Crippen molar-refractivity contribution >= 4 is 5.91 Å². The summed E-state index contributed by atoms with van der Waals surface area (Å²) in [5, 5.41) is 0. The Bertz CT molecular complexity index is 481. The van der Waals surface area contributed by atoms with Gasteiger partial charge in [-0.05, 0) is 13.0 Å². The van der Waals surface area contributed by atoms with E-state index in [1.54, 1.807) is 14.2 Å². The number of carbonyl (C=O) groups is 1. The van der Waals surface area contributed by atoms with Crippen LogP contribution in [0.15, 0.2) is 12.1 Å². The minimum Gasteiger partial charge on any atom is -0.496 e. The predicted octanol–water partition coefficient (Wildman–Crippen LogP) is 1.41. The van der Waals surface area contributed by atoms with Crippen molar-refractivity contribution in [2.24, 2.45) is 0 Å². The number of methoxy groups -OCH3 is 2. The molecular weight excluding hydrogens is 258 g/mol. The number of rotatable bonds is 4. The third-order valence-electron chi connectivity index (χ3n) is 3.57. The van der Waals surface area contributed by atoms with E-state index in [1.165, 1.54) is 0 Å². The lowest BCUT2D eigenvalue weighted by Crippen LogP contribution is -2.41. The topological polar surface area (TPSA) is 48.0 Å². The van der Waals surface area contributed by atoms with Gasteiger partial charge in [0, 0.05) is 24.2 Å². The van der Waals surface area contributed by atoms with Gasteiger partial charge in [0.05, 0.1) is 33.9 Å². The van der Waals surface area contributed by atoms with Gasteiger partial charge >= 0.3 is 0 Å². The Morgan fingerprint density at radius 2 is 1.95 bits per heavy atom. The van der Waals surface area contributed by atoms with Crippen LogP contribution in [0.4, 0.5) is 0 Å². The van der Waals surface area contributed by atoms with Crippen molar-refractivity contribution in [2.45, 2.75) is 13.3 Å². The quantitative estimate of drug-likeness (QED) is 0.836. The summed E-state index contributed by atoms with van der Waals surface area (Å²) >= 11 is 0. The summed E-state index contributed by atoms with van der Waals surface area (Å²) in [5.41, 5.74) is 1.81. The largest absolute Gasteiger partial charge is 0.496 e. The molecule has 5 nitrogen and oxygen atoms in total. The summed E-state index contributed by atoms with van der Waals surface area (Å²) < 4.78 is 16.0. The molecule has 0 aliphatic carbocycles. The zero-order chi connectivity index (χ0) is 14.5. The molecule has 0 saturated carbocycles. The summed E-state index contributed by atoms with van der Waals surface area (Å²) in [6.07, 6.45) is 0.341. The second-order valence-electron chi connectivity index (χ2n) is 4.76. The summed E-state index contributed by atoms with van der Waals surface area (Å²) in [6.45, 7) is 4.49. The van der Waals surface area contributed by atoms with E-state index in [1.807, 2.05) is 24.0 Å². The predicted molar refractivity (Wildman–Crippen MR) is 75.4 cm³/mol. The van der Waals surface area contributed by atoms with Crippen LogP contribution in [-0.4, -0.2) is 51.3 Å². The smallest absolute Gasteiger partial charge is 0.227 e. The number of amides is 1. The van der Waals surface area contributed by atoms with Gasteiger partial charge in [0.1, 0.15) is 11.5 Å². The van der Waals surface area contributed by atoms with Crippen LogP contribution in [0.5, 0.6) is 11.5 Å². The van der Waals surface area contributed by atoms with E-state index in [2.05, 4.69) is 0 Å². The van der Waals surface area contributed by atoms with Gasteiger partial charge < -0.3 is 19.1 Å². The molecule has 0 N–H and O–H groups in total. The molecule has 110 valence electrons. The SMILES string of the molecule is COc1ccc(CC(=O)N2CCOCC2)c(OC)c1C. The van der Waals surface area contributed by atoms with Crippen molar-refractivity contribution in [3.63, 3.8) is 0 Å². The van der Waals surface area contributed by atoms with Crippen LogP contribution in [-0.2, 0) is 16.0 Å². The number of morpholine rings is 1. The molecule has 1 aliphatic heterocycles. The van der Waals surface area contributed by atoms with Crippen molar-refractivity contribution < 1.29 is 19.0 Å². The van der Waals surface area contributed by atoms with E-state index in [4.69, 9.17) is 14.2 Å². The summed E-state index contributed by atoms with van der Waals surface area (Å²) in [7, 11) is 3.24. The fourth-order valence-electron chi connectivity index (χ4n) is 2.46. The lowest BCUT2D eigenvalue weighted by molar-refractivity contribution is -0.134. The monoisotopic (exact) mass is 279 g/mol. The molecule has 1 saturated heterocycles. The minimum absolute atomic E-state index is 0.108. The molecule has 1 aromatic carbocycles. The molecule has 1 fully saturated rings. The number of hydrogen-bond acceptors (Lipinski definition) is 4. The molecule has 0 bridgehead atoms. The van der Waals surface area contributed by atoms with Crippen LogP contribution < -0.4 is 9.47 Å². The van der Waals surface area contributed by atoms with Crippen LogP contribution in [0, 0.1) is 6.92 Å². The van der Waals surface area contributed by atoms with Crippen LogP contribution in [0.1, 0.15) is 11.1 Å². The summed E-state index contributed by atoms with van der Waals surface area (Å²) in [5.74, 6) is 1.60. The highest BCUT2D eigenvalue weighted by Gasteiger charge is 2.20. The fourth-order valence-corrected chi connectivity index (χ4v) is 2.46. The minimum atomic E-state index is 0.108. The third-order valence-corrected chi connectivity index (χ3v) is 3.57. The highest BCUT2D eigenvalue weighted by atomic mass is 16.5. The molecule has 1 amide bonds. The zero-order valence-corrected chi connectivity index (χ0v) is 12.3. The first-order chi connectivity index (χ1) is 9.67. The molecule has 0 radical (unpaired) electrons. The van der Waals surface area contributed by atoms with E-state index in [-0.39, 0.29) is 5.91 Å². The molecule has 0 unspecified atom stereocenters. The molecule has 1 heterocycles. The zero-order valence-electron chi connectivity index (χ0n) is 12.3. The maximum atomic E-state index is 12.3. The van der Waals surface area contributed by atoms with Gasteiger partial charge in [-0.25, -0.2) is 0 Å². The number of carbonyl (C=O) groups excluding carboxylic acids is 1. The van der Waals surface area contributed by atoms with E-state index in [0.717, 1.165) is 22.6 Å². The lowest BCUT2D eigenvalue weighted by Gasteiger charge is -2.27. The van der Waals surface area contributed by atoms with Gasteiger partial charge in [-0.2, -0.15) is 0 Å². The summed E-state index contributed by atoms with van der Waals surface area (Å²) in [4.78, 5) is 14.1. The van der Waals surface area contributed by atoms with Gasteiger partial charge in [-0.1, -0.05) is 6.07 Å². The maximum absolute atomic E-state index is 12.3. The Morgan fingerprint density at radius 1 is 1.25 bits per heavy atom. The average Bonchev–Trinajstić information content (AvgIpc) is 2.48. The Hall–Kier alpha value is -1.75. The Morgan fingerprint density at radius 3 is 2.55 bits per heavy atom. The van der Waals surface area contributed by atoms with Crippen LogP contribution >= 0.6 is 0 Å². The number of ether oxygens (including phenoxy) is 3. The van der Waals surface area contributed by atoms with Crippen molar-refractivity contribution in [3.05, 3.63) is 23.3 Å². The fraction of sp³-hybridized carbons (Fsp3) is 0.533. The average molecular weight is 279 g/mol. The molecular formula is C15H21NO4. The lowest BCUT2D eigenvalue weighted by atomic mass is 10.0. The standard InChI is InChI=1S/C15H21NO4/c1-11-13(18-2)5-4-12(15(11)19-3)10-14(17)16-6-8-20-9-7-16/h4-5H,6-10H2,1-3H3. The Labute approximate surface area is 119 Å². The Balaban J connectivity index is 2.16.